The van der Waals surface area contributed by atoms with Gasteiger partial charge >= 0.3 is 0 Å². The van der Waals surface area contributed by atoms with Crippen molar-refractivity contribution in [1.29, 1.82) is 0 Å². The van der Waals surface area contributed by atoms with Gasteiger partial charge in [-0.3, -0.25) is 0 Å². The van der Waals surface area contributed by atoms with E-state index in [1.165, 1.54) is 11.1 Å². The van der Waals surface area contributed by atoms with Crippen molar-refractivity contribution in [2.45, 2.75) is 19.5 Å². The smallest absolute Gasteiger partial charge is 0.117 e. The molecule has 0 aliphatic carbocycles. The summed E-state index contributed by atoms with van der Waals surface area (Å²) in [7, 11) is 0. The molecule has 1 N–H and O–H groups in total. The average Bonchev–Trinajstić information content (AvgIpc) is 2.56. The minimum atomic E-state index is -0.672. The number of rotatable bonds is 2. The van der Waals surface area contributed by atoms with Crippen molar-refractivity contribution in [3.63, 3.8) is 0 Å². The zero-order chi connectivity index (χ0) is 9.97. The zero-order valence-corrected chi connectivity index (χ0v) is 8.46. The molecule has 1 saturated heterocycles. The molecule has 1 nitrogen and oxygen atoms in total. The maximum absolute atomic E-state index is 13.3. The number of halogens is 1. The van der Waals surface area contributed by atoms with Crippen LogP contribution in [0.3, 0.4) is 0 Å². The molecular formula is C12H16FN. The van der Waals surface area contributed by atoms with Gasteiger partial charge in [-0.1, -0.05) is 24.3 Å². The second-order valence-electron chi connectivity index (χ2n) is 4.06. The van der Waals surface area contributed by atoms with Crippen molar-refractivity contribution in [3.8, 4) is 0 Å². The molecule has 0 bridgehead atoms. The molecule has 1 aromatic carbocycles. The molecule has 1 aromatic rings. The fourth-order valence-electron chi connectivity index (χ4n) is 2.02. The van der Waals surface area contributed by atoms with E-state index in [1.54, 1.807) is 0 Å². The van der Waals surface area contributed by atoms with E-state index < -0.39 is 6.17 Å². The van der Waals surface area contributed by atoms with Crippen LogP contribution in [0.1, 0.15) is 11.1 Å². The molecule has 1 aliphatic heterocycles. The Balaban J connectivity index is 2.07. The standard InChI is InChI=1S/C12H16FN/c1-9-4-2-3-5-10(9)6-11-7-14-8-12(11)13/h2-5,11-12,14H,6-8H2,1H3. The molecule has 2 unspecified atom stereocenters. The van der Waals surface area contributed by atoms with Gasteiger partial charge in [-0.25, -0.2) is 4.39 Å². The quantitative estimate of drug-likeness (QED) is 0.758. The van der Waals surface area contributed by atoms with Gasteiger partial charge in [0.05, 0.1) is 0 Å². The highest BCUT2D eigenvalue weighted by Crippen LogP contribution is 2.20. The van der Waals surface area contributed by atoms with Crippen molar-refractivity contribution in [3.05, 3.63) is 35.4 Å². The van der Waals surface area contributed by atoms with E-state index in [2.05, 4.69) is 24.4 Å². The van der Waals surface area contributed by atoms with Crippen molar-refractivity contribution in [2.75, 3.05) is 13.1 Å². The number of aryl methyl sites for hydroxylation is 1. The van der Waals surface area contributed by atoms with Gasteiger partial charge in [0.1, 0.15) is 6.17 Å². The normalized spacial score (nSPS) is 26.7. The summed E-state index contributed by atoms with van der Waals surface area (Å²) in [5, 5.41) is 3.09. The lowest BCUT2D eigenvalue weighted by molar-refractivity contribution is 0.282. The lowest BCUT2D eigenvalue weighted by atomic mass is 9.95. The third-order valence-corrected chi connectivity index (χ3v) is 3.00. The Kier molecular flexibility index (Phi) is 2.82. The maximum Gasteiger partial charge on any atom is 0.117 e. The van der Waals surface area contributed by atoms with E-state index in [-0.39, 0.29) is 5.92 Å². The third kappa shape index (κ3) is 1.95. The predicted molar refractivity (Wildman–Crippen MR) is 56.1 cm³/mol. The van der Waals surface area contributed by atoms with E-state index in [4.69, 9.17) is 0 Å². The first kappa shape index (κ1) is 9.66. The largest absolute Gasteiger partial charge is 0.313 e. The first-order valence-corrected chi connectivity index (χ1v) is 5.16. The van der Waals surface area contributed by atoms with E-state index in [0.717, 1.165) is 13.0 Å². The van der Waals surface area contributed by atoms with E-state index in [1.807, 2.05) is 12.1 Å². The van der Waals surface area contributed by atoms with Gasteiger partial charge in [0.15, 0.2) is 0 Å². The van der Waals surface area contributed by atoms with Crippen LogP contribution in [-0.2, 0) is 6.42 Å². The van der Waals surface area contributed by atoms with E-state index >= 15 is 0 Å². The highest BCUT2D eigenvalue weighted by molar-refractivity contribution is 5.26. The van der Waals surface area contributed by atoms with Crippen molar-refractivity contribution in [1.82, 2.24) is 5.32 Å². The van der Waals surface area contributed by atoms with Crippen LogP contribution in [0.2, 0.25) is 0 Å². The minimum absolute atomic E-state index is 0.163. The van der Waals surface area contributed by atoms with Crippen LogP contribution >= 0.6 is 0 Å². The lowest BCUT2D eigenvalue weighted by Gasteiger charge is -2.13. The van der Waals surface area contributed by atoms with Crippen LogP contribution < -0.4 is 5.32 Å². The summed E-state index contributed by atoms with van der Waals surface area (Å²) < 4.78 is 13.3. The van der Waals surface area contributed by atoms with E-state index in [0.29, 0.717) is 6.54 Å². The number of hydrogen-bond acceptors (Lipinski definition) is 1. The van der Waals surface area contributed by atoms with Crippen LogP contribution in [0.15, 0.2) is 24.3 Å². The molecule has 14 heavy (non-hydrogen) atoms. The Morgan fingerprint density at radius 1 is 1.36 bits per heavy atom. The van der Waals surface area contributed by atoms with Gasteiger partial charge in [0.25, 0.3) is 0 Å². The Hall–Kier alpha value is -0.890. The van der Waals surface area contributed by atoms with Crippen LogP contribution in [0.5, 0.6) is 0 Å². The molecule has 0 amide bonds. The average molecular weight is 193 g/mol. The first-order chi connectivity index (χ1) is 6.77. The number of nitrogens with one attached hydrogen (secondary N) is 1. The Morgan fingerprint density at radius 3 is 2.79 bits per heavy atom. The maximum atomic E-state index is 13.3. The van der Waals surface area contributed by atoms with Crippen LogP contribution in [0, 0.1) is 12.8 Å². The van der Waals surface area contributed by atoms with Gasteiger partial charge in [-0.2, -0.15) is 0 Å². The molecule has 1 fully saturated rings. The van der Waals surface area contributed by atoms with Crippen molar-refractivity contribution < 1.29 is 4.39 Å². The molecule has 2 atom stereocenters. The Labute approximate surface area is 84.3 Å². The third-order valence-electron chi connectivity index (χ3n) is 3.00. The molecule has 2 heteroatoms. The van der Waals surface area contributed by atoms with Crippen LogP contribution in [-0.4, -0.2) is 19.3 Å². The minimum Gasteiger partial charge on any atom is -0.313 e. The fraction of sp³-hybridized carbons (Fsp3) is 0.500. The zero-order valence-electron chi connectivity index (χ0n) is 8.46. The Bertz CT molecular complexity index is 311. The van der Waals surface area contributed by atoms with Crippen LogP contribution in [0.25, 0.3) is 0 Å². The predicted octanol–water partition coefficient (Wildman–Crippen LogP) is 2.10. The molecule has 2 rings (SSSR count). The lowest BCUT2D eigenvalue weighted by Crippen LogP contribution is -2.16. The number of hydrogen-bond donors (Lipinski definition) is 1. The molecule has 0 radical (unpaired) electrons. The molecule has 76 valence electrons. The Morgan fingerprint density at radius 2 is 2.14 bits per heavy atom. The molecule has 0 spiro atoms. The van der Waals surface area contributed by atoms with Gasteiger partial charge in [0.2, 0.25) is 0 Å². The highest BCUT2D eigenvalue weighted by atomic mass is 19.1. The summed E-state index contributed by atoms with van der Waals surface area (Å²) in [6.07, 6.45) is 0.190. The van der Waals surface area contributed by atoms with E-state index in [9.17, 15) is 4.39 Å². The molecular weight excluding hydrogens is 177 g/mol. The fourth-order valence-corrected chi connectivity index (χ4v) is 2.02. The monoisotopic (exact) mass is 193 g/mol. The number of alkyl halides is 1. The van der Waals surface area contributed by atoms with Crippen molar-refractivity contribution in [2.24, 2.45) is 5.92 Å². The molecule has 0 saturated carbocycles. The summed E-state index contributed by atoms with van der Waals surface area (Å²) in [4.78, 5) is 0. The highest BCUT2D eigenvalue weighted by Gasteiger charge is 2.26. The van der Waals surface area contributed by atoms with Gasteiger partial charge in [0, 0.05) is 19.0 Å². The topological polar surface area (TPSA) is 12.0 Å². The summed E-state index contributed by atoms with van der Waals surface area (Å²) >= 11 is 0. The SMILES string of the molecule is Cc1ccccc1CC1CNCC1F. The molecule has 1 heterocycles. The van der Waals surface area contributed by atoms with Gasteiger partial charge in [-0.15, -0.1) is 0 Å². The summed E-state index contributed by atoms with van der Waals surface area (Å²) in [5.74, 6) is 0.163. The second kappa shape index (κ2) is 4.09. The summed E-state index contributed by atoms with van der Waals surface area (Å²) in [6.45, 7) is 3.43. The first-order valence-electron chi connectivity index (χ1n) is 5.16. The van der Waals surface area contributed by atoms with Crippen molar-refractivity contribution >= 4 is 0 Å². The van der Waals surface area contributed by atoms with Crippen LogP contribution in [0.4, 0.5) is 4.39 Å². The number of benzene rings is 1. The van der Waals surface area contributed by atoms with Gasteiger partial charge < -0.3 is 5.32 Å². The molecule has 0 aromatic heterocycles. The summed E-state index contributed by atoms with van der Waals surface area (Å²) in [5.41, 5.74) is 2.55. The molecule has 1 aliphatic rings. The second-order valence-corrected chi connectivity index (χ2v) is 4.06. The van der Waals surface area contributed by atoms with Gasteiger partial charge in [-0.05, 0) is 24.5 Å². The summed E-state index contributed by atoms with van der Waals surface area (Å²) in [6, 6.07) is 8.24.